The van der Waals surface area contributed by atoms with Gasteiger partial charge in [0.15, 0.2) is 10.4 Å². The highest BCUT2D eigenvalue weighted by Gasteiger charge is 2.33. The number of nitrogens with zero attached hydrogens (tertiary/aromatic N) is 1. The fourth-order valence-corrected chi connectivity index (χ4v) is 1.60. The van der Waals surface area contributed by atoms with E-state index in [1.54, 1.807) is 0 Å². The molecule has 1 aromatic heterocycles. The van der Waals surface area contributed by atoms with Crippen LogP contribution in [0.5, 0.6) is 11.6 Å². The van der Waals surface area contributed by atoms with Gasteiger partial charge in [-0.05, 0) is 15.9 Å². The van der Waals surface area contributed by atoms with E-state index in [9.17, 15) is 22.0 Å². The minimum Gasteiger partial charge on any atom is -0.493 e. The molecule has 17 heavy (non-hydrogen) atoms. The van der Waals surface area contributed by atoms with Crippen molar-refractivity contribution < 1.29 is 31.4 Å². The van der Waals surface area contributed by atoms with Gasteiger partial charge >= 0.3 is 6.36 Å². The van der Waals surface area contributed by atoms with Crippen molar-refractivity contribution in [1.29, 1.82) is 0 Å². The zero-order valence-corrected chi connectivity index (χ0v) is 9.77. The number of aromatic nitrogens is 1. The van der Waals surface area contributed by atoms with Crippen LogP contribution in [-0.2, 0) is 0 Å². The van der Waals surface area contributed by atoms with E-state index < -0.39 is 24.2 Å². The van der Waals surface area contributed by atoms with Crippen molar-refractivity contribution in [3.63, 3.8) is 0 Å². The molecule has 0 amide bonds. The average molecular weight is 322 g/mol. The fraction of sp³-hybridized carbons (Fsp3) is 0.375. The van der Waals surface area contributed by atoms with Crippen LogP contribution in [0.15, 0.2) is 10.7 Å². The molecular formula is C8H5BrF5NO2. The summed E-state index contributed by atoms with van der Waals surface area (Å²) in [6.07, 6.45) is -8.01. The number of halogens is 6. The minimum absolute atomic E-state index is 0.294. The van der Waals surface area contributed by atoms with Crippen LogP contribution in [0.4, 0.5) is 22.0 Å². The Morgan fingerprint density at radius 1 is 1.35 bits per heavy atom. The summed E-state index contributed by atoms with van der Waals surface area (Å²) in [5.74, 6) is -1.32. The second kappa shape index (κ2) is 5.03. The van der Waals surface area contributed by atoms with E-state index >= 15 is 0 Å². The second-order valence-electron chi connectivity index (χ2n) is 2.72. The van der Waals surface area contributed by atoms with Crippen LogP contribution in [0.25, 0.3) is 0 Å². The summed E-state index contributed by atoms with van der Waals surface area (Å²) in [4.78, 5) is 3.29. The zero-order chi connectivity index (χ0) is 13.2. The van der Waals surface area contributed by atoms with Gasteiger partial charge in [0.2, 0.25) is 5.88 Å². The van der Waals surface area contributed by atoms with Gasteiger partial charge in [0.05, 0.1) is 12.7 Å². The van der Waals surface area contributed by atoms with E-state index in [1.165, 1.54) is 0 Å². The Bertz CT molecular complexity index is 410. The van der Waals surface area contributed by atoms with Crippen molar-refractivity contribution in [2.45, 2.75) is 12.8 Å². The van der Waals surface area contributed by atoms with Crippen LogP contribution in [0.3, 0.4) is 0 Å². The lowest BCUT2D eigenvalue weighted by Crippen LogP contribution is -2.18. The highest BCUT2D eigenvalue weighted by molar-refractivity contribution is 9.10. The number of methoxy groups -OCH3 is 1. The molecule has 0 saturated carbocycles. The van der Waals surface area contributed by atoms with Crippen molar-refractivity contribution in [3.8, 4) is 11.6 Å². The minimum atomic E-state index is -5.00. The first-order valence-corrected chi connectivity index (χ1v) is 4.82. The van der Waals surface area contributed by atoms with Crippen molar-refractivity contribution >= 4 is 15.9 Å². The van der Waals surface area contributed by atoms with E-state index in [0.29, 0.717) is 6.07 Å². The van der Waals surface area contributed by atoms with Crippen LogP contribution in [0.1, 0.15) is 12.0 Å². The number of ether oxygens (including phenoxy) is 2. The summed E-state index contributed by atoms with van der Waals surface area (Å²) in [6.45, 7) is 0. The summed E-state index contributed by atoms with van der Waals surface area (Å²) >= 11 is 2.72. The molecule has 3 nitrogen and oxygen atoms in total. The molecule has 0 spiro atoms. The number of rotatable bonds is 3. The monoisotopic (exact) mass is 321 g/mol. The van der Waals surface area contributed by atoms with E-state index in [1.807, 2.05) is 0 Å². The van der Waals surface area contributed by atoms with Gasteiger partial charge < -0.3 is 9.47 Å². The topological polar surface area (TPSA) is 31.4 Å². The Kier molecular flexibility index (Phi) is 4.12. The van der Waals surface area contributed by atoms with Crippen LogP contribution < -0.4 is 9.47 Å². The van der Waals surface area contributed by atoms with Gasteiger partial charge in [-0.3, -0.25) is 0 Å². The maximum absolute atomic E-state index is 12.5. The summed E-state index contributed by atoms with van der Waals surface area (Å²) < 4.78 is 68.5. The number of hydrogen-bond acceptors (Lipinski definition) is 3. The zero-order valence-electron chi connectivity index (χ0n) is 8.19. The maximum Gasteiger partial charge on any atom is 0.574 e. The van der Waals surface area contributed by atoms with E-state index in [0.717, 1.165) is 7.11 Å². The standard InChI is InChI=1S/C8H5BrF5NO2/c1-16-5-3(7(10)11)2-4(15-6(5)9)17-8(12,13)14/h2,7H,1H3. The summed E-state index contributed by atoms with van der Waals surface area (Å²) in [5, 5.41) is 0. The Morgan fingerprint density at radius 3 is 2.35 bits per heavy atom. The smallest absolute Gasteiger partial charge is 0.493 e. The van der Waals surface area contributed by atoms with Gasteiger partial charge in [0.25, 0.3) is 6.43 Å². The van der Waals surface area contributed by atoms with Crippen molar-refractivity contribution in [2.75, 3.05) is 7.11 Å². The van der Waals surface area contributed by atoms with Crippen LogP contribution >= 0.6 is 15.9 Å². The number of alkyl halides is 5. The summed E-state index contributed by atoms with van der Waals surface area (Å²) in [6, 6.07) is 0.474. The molecule has 96 valence electrons. The normalized spacial score (nSPS) is 11.8. The Balaban J connectivity index is 3.20. The fourth-order valence-electron chi connectivity index (χ4n) is 1.03. The van der Waals surface area contributed by atoms with E-state index in [-0.39, 0.29) is 10.4 Å². The third kappa shape index (κ3) is 3.69. The van der Waals surface area contributed by atoms with Gasteiger partial charge in [0.1, 0.15) is 0 Å². The number of pyridine rings is 1. The maximum atomic E-state index is 12.5. The SMILES string of the molecule is COc1c(C(F)F)cc(OC(F)(F)F)nc1Br. The summed E-state index contributed by atoms with van der Waals surface area (Å²) in [5.41, 5.74) is -0.742. The lowest BCUT2D eigenvalue weighted by atomic mass is 10.2. The molecular weight excluding hydrogens is 317 g/mol. The summed E-state index contributed by atoms with van der Waals surface area (Å²) in [7, 11) is 1.10. The van der Waals surface area contributed by atoms with Gasteiger partial charge in [-0.25, -0.2) is 13.8 Å². The highest BCUT2D eigenvalue weighted by atomic mass is 79.9. The molecule has 0 aliphatic heterocycles. The lowest BCUT2D eigenvalue weighted by molar-refractivity contribution is -0.276. The molecule has 0 aliphatic carbocycles. The third-order valence-corrected chi connectivity index (χ3v) is 2.13. The molecule has 1 heterocycles. The van der Waals surface area contributed by atoms with Crippen LogP contribution in [-0.4, -0.2) is 18.5 Å². The molecule has 1 rings (SSSR count). The van der Waals surface area contributed by atoms with Crippen LogP contribution in [0, 0.1) is 0 Å². The molecule has 0 aromatic carbocycles. The van der Waals surface area contributed by atoms with Gasteiger partial charge in [0, 0.05) is 6.07 Å². The largest absolute Gasteiger partial charge is 0.574 e. The molecule has 0 atom stereocenters. The quantitative estimate of drug-likeness (QED) is 0.628. The lowest BCUT2D eigenvalue weighted by Gasteiger charge is -2.13. The van der Waals surface area contributed by atoms with Crippen molar-refractivity contribution in [1.82, 2.24) is 4.98 Å². The molecule has 0 radical (unpaired) electrons. The first-order chi connectivity index (χ1) is 7.74. The Hall–Kier alpha value is -1.12. The molecule has 0 unspecified atom stereocenters. The first kappa shape index (κ1) is 13.9. The molecule has 1 aromatic rings. The molecule has 0 aliphatic rings. The Labute approximate surface area is 101 Å². The average Bonchev–Trinajstić information content (AvgIpc) is 2.13. The highest BCUT2D eigenvalue weighted by Crippen LogP contribution is 2.37. The van der Waals surface area contributed by atoms with E-state index in [2.05, 4.69) is 30.4 Å². The van der Waals surface area contributed by atoms with Gasteiger partial charge in [-0.15, -0.1) is 13.2 Å². The second-order valence-corrected chi connectivity index (χ2v) is 3.47. The van der Waals surface area contributed by atoms with Crippen LogP contribution in [0.2, 0.25) is 0 Å². The Morgan fingerprint density at radius 2 is 1.94 bits per heavy atom. The van der Waals surface area contributed by atoms with Gasteiger partial charge in [-0.2, -0.15) is 0 Å². The van der Waals surface area contributed by atoms with Crippen molar-refractivity contribution in [2.24, 2.45) is 0 Å². The van der Waals surface area contributed by atoms with E-state index in [4.69, 9.17) is 0 Å². The number of hydrogen-bond donors (Lipinski definition) is 0. The molecule has 0 bridgehead atoms. The van der Waals surface area contributed by atoms with Crippen molar-refractivity contribution in [3.05, 3.63) is 16.2 Å². The predicted octanol–water partition coefficient (Wildman–Crippen LogP) is 3.69. The predicted molar refractivity (Wildman–Crippen MR) is 50.1 cm³/mol. The molecule has 9 heteroatoms. The third-order valence-electron chi connectivity index (χ3n) is 1.60. The van der Waals surface area contributed by atoms with Gasteiger partial charge in [-0.1, -0.05) is 0 Å². The molecule has 0 fully saturated rings. The molecule has 0 saturated heterocycles. The molecule has 0 N–H and O–H groups in total. The first-order valence-electron chi connectivity index (χ1n) is 4.03.